The van der Waals surface area contributed by atoms with E-state index in [-0.39, 0.29) is 17.9 Å². The summed E-state index contributed by atoms with van der Waals surface area (Å²) in [6.07, 6.45) is 0. The van der Waals surface area contributed by atoms with E-state index in [0.717, 1.165) is 0 Å². The van der Waals surface area contributed by atoms with E-state index >= 15 is 0 Å². The van der Waals surface area contributed by atoms with Crippen LogP contribution in [0.25, 0.3) is 0 Å². The van der Waals surface area contributed by atoms with Crippen molar-refractivity contribution in [1.82, 2.24) is 5.32 Å². The number of amides is 1. The summed E-state index contributed by atoms with van der Waals surface area (Å²) >= 11 is 0. The molecule has 2 atom stereocenters. The van der Waals surface area contributed by atoms with Gasteiger partial charge in [-0.05, 0) is 11.0 Å². The summed E-state index contributed by atoms with van der Waals surface area (Å²) in [4.78, 5) is 23.2. The molecule has 0 spiro atoms. The number of aliphatic carboxylic acids is 1. The highest BCUT2D eigenvalue weighted by molar-refractivity contribution is 5.83. The van der Waals surface area contributed by atoms with E-state index in [1.165, 1.54) is 0 Å². The predicted molar refractivity (Wildman–Crippen MR) is 77.3 cm³/mol. The first kappa shape index (κ1) is 16.2. The number of carbonyl (C=O) groups is 2. The Balaban J connectivity index is 2.70. The van der Waals surface area contributed by atoms with Gasteiger partial charge in [-0.3, -0.25) is 9.59 Å². The quantitative estimate of drug-likeness (QED) is 0.758. The first-order chi connectivity index (χ1) is 9.23. The Morgan fingerprint density at radius 2 is 1.80 bits per heavy atom. The van der Waals surface area contributed by atoms with Crippen LogP contribution in [0.15, 0.2) is 30.3 Å². The number of carboxylic acids is 1. The van der Waals surface area contributed by atoms with E-state index in [4.69, 9.17) is 5.73 Å². The number of carbonyl (C=O) groups excluding carboxylic acids is 1. The highest BCUT2D eigenvalue weighted by Gasteiger charge is 2.28. The molecule has 1 rings (SSSR count). The van der Waals surface area contributed by atoms with E-state index in [1.54, 1.807) is 24.3 Å². The highest BCUT2D eigenvalue weighted by Crippen LogP contribution is 2.18. The van der Waals surface area contributed by atoms with Gasteiger partial charge in [0, 0.05) is 6.54 Å². The Morgan fingerprint density at radius 1 is 1.25 bits per heavy atom. The standard InChI is InChI=1S/C15H22N2O3/c1-15(2,3)12(16)13(18)17-9-11(14(19)20)10-7-5-4-6-8-10/h4-8,11-12H,9,16H2,1-3H3,(H,17,18)(H,19,20). The predicted octanol–water partition coefficient (Wildman–Crippen LogP) is 1.34. The van der Waals surface area contributed by atoms with Crippen molar-refractivity contribution >= 4 is 11.9 Å². The number of rotatable bonds is 5. The molecular weight excluding hydrogens is 256 g/mol. The van der Waals surface area contributed by atoms with Gasteiger partial charge >= 0.3 is 5.97 Å². The van der Waals surface area contributed by atoms with Crippen LogP contribution in [-0.4, -0.2) is 29.6 Å². The Kier molecular flexibility index (Phi) is 5.27. The third-order valence-electron chi connectivity index (χ3n) is 3.20. The van der Waals surface area contributed by atoms with E-state index < -0.39 is 17.9 Å². The maximum atomic E-state index is 11.9. The first-order valence-electron chi connectivity index (χ1n) is 6.54. The summed E-state index contributed by atoms with van der Waals surface area (Å²) in [5.41, 5.74) is 6.13. The number of hydrogen-bond acceptors (Lipinski definition) is 3. The average Bonchev–Trinajstić information content (AvgIpc) is 2.37. The lowest BCUT2D eigenvalue weighted by molar-refractivity contribution is -0.138. The highest BCUT2D eigenvalue weighted by atomic mass is 16.4. The summed E-state index contributed by atoms with van der Waals surface area (Å²) < 4.78 is 0. The number of benzene rings is 1. The molecule has 0 aliphatic heterocycles. The molecule has 0 heterocycles. The van der Waals surface area contributed by atoms with E-state index in [9.17, 15) is 14.7 Å². The third-order valence-corrected chi connectivity index (χ3v) is 3.20. The average molecular weight is 278 g/mol. The Morgan fingerprint density at radius 3 is 2.25 bits per heavy atom. The van der Waals surface area contributed by atoms with E-state index in [0.29, 0.717) is 5.56 Å². The molecule has 20 heavy (non-hydrogen) atoms. The van der Waals surface area contributed by atoms with Gasteiger partial charge in [0.2, 0.25) is 5.91 Å². The molecule has 0 radical (unpaired) electrons. The topological polar surface area (TPSA) is 92.4 Å². The van der Waals surface area contributed by atoms with Crippen LogP contribution < -0.4 is 11.1 Å². The van der Waals surface area contributed by atoms with Crippen LogP contribution in [0.3, 0.4) is 0 Å². The van der Waals surface area contributed by atoms with Crippen LogP contribution in [0.4, 0.5) is 0 Å². The fraction of sp³-hybridized carbons (Fsp3) is 0.467. The summed E-state index contributed by atoms with van der Waals surface area (Å²) in [6.45, 7) is 5.62. The molecule has 0 saturated heterocycles. The molecule has 4 N–H and O–H groups in total. The van der Waals surface area contributed by atoms with E-state index in [1.807, 2.05) is 26.8 Å². The number of hydrogen-bond donors (Lipinski definition) is 3. The zero-order valence-corrected chi connectivity index (χ0v) is 12.1. The van der Waals surface area contributed by atoms with Gasteiger partial charge in [0.05, 0.1) is 12.0 Å². The molecule has 0 bridgehead atoms. The molecule has 110 valence electrons. The van der Waals surface area contributed by atoms with E-state index in [2.05, 4.69) is 5.32 Å². The zero-order chi connectivity index (χ0) is 15.3. The van der Waals surface area contributed by atoms with Gasteiger partial charge in [0.1, 0.15) is 0 Å². The molecule has 1 aromatic rings. The second-order valence-corrected chi connectivity index (χ2v) is 5.89. The molecule has 0 aliphatic carbocycles. The van der Waals surface area contributed by atoms with Crippen LogP contribution in [0.5, 0.6) is 0 Å². The summed E-state index contributed by atoms with van der Waals surface area (Å²) in [5, 5.41) is 11.9. The molecule has 2 unspecified atom stereocenters. The van der Waals surface area contributed by atoms with Crippen molar-refractivity contribution in [2.75, 3.05) is 6.54 Å². The zero-order valence-electron chi connectivity index (χ0n) is 12.1. The molecule has 0 aromatic heterocycles. The second-order valence-electron chi connectivity index (χ2n) is 5.89. The normalized spacial score (nSPS) is 14.4. The largest absolute Gasteiger partial charge is 0.481 e. The van der Waals surface area contributed by atoms with Crippen molar-refractivity contribution in [1.29, 1.82) is 0 Å². The monoisotopic (exact) mass is 278 g/mol. The van der Waals surface area contributed by atoms with Crippen molar-refractivity contribution in [2.45, 2.75) is 32.7 Å². The molecule has 1 amide bonds. The number of nitrogens with two attached hydrogens (primary N) is 1. The Labute approximate surface area is 119 Å². The van der Waals surface area contributed by atoms with Crippen LogP contribution in [0, 0.1) is 5.41 Å². The van der Waals surface area contributed by atoms with Gasteiger partial charge in [-0.1, -0.05) is 51.1 Å². The summed E-state index contributed by atoms with van der Waals surface area (Å²) in [6, 6.07) is 8.15. The van der Waals surface area contributed by atoms with Gasteiger partial charge in [-0.25, -0.2) is 0 Å². The van der Waals surface area contributed by atoms with Crippen molar-refractivity contribution in [3.8, 4) is 0 Å². The van der Waals surface area contributed by atoms with Crippen molar-refractivity contribution < 1.29 is 14.7 Å². The third kappa shape index (κ3) is 4.35. The second kappa shape index (κ2) is 6.52. The van der Waals surface area contributed by atoms with Crippen molar-refractivity contribution in [3.63, 3.8) is 0 Å². The minimum absolute atomic E-state index is 0.0297. The van der Waals surface area contributed by atoms with Crippen molar-refractivity contribution in [3.05, 3.63) is 35.9 Å². The lowest BCUT2D eigenvalue weighted by atomic mass is 9.87. The number of nitrogens with one attached hydrogen (secondary N) is 1. The maximum absolute atomic E-state index is 11.9. The van der Waals surface area contributed by atoms with Gasteiger partial charge in [0.25, 0.3) is 0 Å². The number of carboxylic acid groups (broad SMARTS) is 1. The lowest BCUT2D eigenvalue weighted by Gasteiger charge is -2.26. The van der Waals surface area contributed by atoms with Crippen LogP contribution in [-0.2, 0) is 9.59 Å². The minimum atomic E-state index is -0.971. The van der Waals surface area contributed by atoms with Crippen molar-refractivity contribution in [2.24, 2.45) is 11.1 Å². The van der Waals surface area contributed by atoms with Gasteiger partial charge in [-0.2, -0.15) is 0 Å². The molecular formula is C15H22N2O3. The van der Waals surface area contributed by atoms with Gasteiger partial charge in [-0.15, -0.1) is 0 Å². The Bertz CT molecular complexity index is 466. The Hall–Kier alpha value is -1.88. The maximum Gasteiger partial charge on any atom is 0.312 e. The van der Waals surface area contributed by atoms with Gasteiger partial charge < -0.3 is 16.2 Å². The SMILES string of the molecule is CC(C)(C)C(N)C(=O)NCC(C(=O)O)c1ccccc1. The first-order valence-corrected chi connectivity index (χ1v) is 6.54. The summed E-state index contributed by atoms with van der Waals surface area (Å²) in [7, 11) is 0. The summed E-state index contributed by atoms with van der Waals surface area (Å²) in [5.74, 6) is -2.08. The van der Waals surface area contributed by atoms with Crippen LogP contribution in [0.1, 0.15) is 32.3 Å². The molecule has 5 heteroatoms. The molecule has 0 saturated carbocycles. The lowest BCUT2D eigenvalue weighted by Crippen LogP contribution is -2.49. The smallest absolute Gasteiger partial charge is 0.312 e. The van der Waals surface area contributed by atoms with Gasteiger partial charge in [0.15, 0.2) is 0 Å². The molecule has 1 aromatic carbocycles. The molecule has 5 nitrogen and oxygen atoms in total. The molecule has 0 fully saturated rings. The minimum Gasteiger partial charge on any atom is -0.481 e. The van der Waals surface area contributed by atoms with Crippen LogP contribution >= 0.6 is 0 Å². The fourth-order valence-electron chi connectivity index (χ4n) is 1.74. The fourth-order valence-corrected chi connectivity index (χ4v) is 1.74. The molecule has 0 aliphatic rings. The van der Waals surface area contributed by atoms with Crippen LogP contribution in [0.2, 0.25) is 0 Å².